The number of carboxylic acid groups (broad SMARTS) is 1. The van der Waals surface area contributed by atoms with E-state index in [0.717, 1.165) is 0 Å². The van der Waals surface area contributed by atoms with E-state index in [1.54, 1.807) is 0 Å². The number of carbonyl (C=O) groups is 4. The first-order chi connectivity index (χ1) is 16.4. The van der Waals surface area contributed by atoms with Crippen LogP contribution in [0.4, 0.5) is 0 Å². The van der Waals surface area contributed by atoms with Gasteiger partial charge in [-0.25, -0.2) is 4.79 Å². The summed E-state index contributed by atoms with van der Waals surface area (Å²) in [7, 11) is 0. The van der Waals surface area contributed by atoms with E-state index in [1.165, 1.54) is 31.2 Å². The Balaban J connectivity index is 3.09. The number of aliphatic imine (C=N–C) groups is 1. The van der Waals surface area contributed by atoms with Crippen molar-refractivity contribution in [3.8, 4) is 5.75 Å². The Morgan fingerprint density at radius 2 is 1.49 bits per heavy atom. The van der Waals surface area contributed by atoms with Gasteiger partial charge in [-0.15, -0.1) is 0 Å². The Kier molecular flexibility index (Phi) is 12.0. The molecule has 4 unspecified atom stereocenters. The first kappa shape index (κ1) is 29.1. The predicted octanol–water partition coefficient (Wildman–Crippen LogP) is -3.13. The average molecular weight is 496 g/mol. The number of aliphatic carboxylic acids is 1. The molecule has 0 radical (unpaired) electrons. The number of carboxylic acids is 1. The van der Waals surface area contributed by atoms with Crippen LogP contribution < -0.4 is 33.2 Å². The van der Waals surface area contributed by atoms with E-state index in [4.69, 9.17) is 22.3 Å². The average Bonchev–Trinajstić information content (AvgIpc) is 2.79. The van der Waals surface area contributed by atoms with Gasteiger partial charge >= 0.3 is 5.97 Å². The number of aliphatic hydroxyl groups is 1. The highest BCUT2D eigenvalue weighted by atomic mass is 16.4. The number of phenolic OH excluding ortho intramolecular Hbond substituents is 1. The number of benzene rings is 1. The summed E-state index contributed by atoms with van der Waals surface area (Å²) in [6.45, 7) is 0.763. The molecule has 35 heavy (non-hydrogen) atoms. The van der Waals surface area contributed by atoms with Gasteiger partial charge < -0.3 is 48.5 Å². The van der Waals surface area contributed by atoms with Crippen LogP contribution >= 0.6 is 0 Å². The number of rotatable bonds is 14. The number of amides is 3. The molecule has 4 atom stereocenters. The van der Waals surface area contributed by atoms with Crippen LogP contribution in [0.2, 0.25) is 0 Å². The van der Waals surface area contributed by atoms with Gasteiger partial charge in [0, 0.05) is 13.0 Å². The van der Waals surface area contributed by atoms with Gasteiger partial charge in [0.25, 0.3) is 0 Å². The summed E-state index contributed by atoms with van der Waals surface area (Å²) in [6.07, 6.45) is 0.357. The van der Waals surface area contributed by atoms with Crippen molar-refractivity contribution in [1.29, 1.82) is 0 Å². The van der Waals surface area contributed by atoms with Crippen molar-refractivity contribution in [3.05, 3.63) is 29.8 Å². The van der Waals surface area contributed by atoms with Crippen LogP contribution in [0.25, 0.3) is 0 Å². The molecule has 1 aromatic rings. The molecule has 0 bridgehead atoms. The summed E-state index contributed by atoms with van der Waals surface area (Å²) < 4.78 is 0. The molecule has 12 N–H and O–H groups in total. The van der Waals surface area contributed by atoms with Crippen molar-refractivity contribution in [2.24, 2.45) is 22.2 Å². The first-order valence-corrected chi connectivity index (χ1v) is 10.8. The van der Waals surface area contributed by atoms with Crippen LogP contribution in [0.3, 0.4) is 0 Å². The summed E-state index contributed by atoms with van der Waals surface area (Å²) in [5.41, 5.74) is 16.7. The Hall–Kier alpha value is -3.91. The maximum atomic E-state index is 13.0. The number of nitrogens with zero attached hydrogens (tertiary/aromatic N) is 1. The molecule has 0 spiro atoms. The monoisotopic (exact) mass is 495 g/mol. The van der Waals surface area contributed by atoms with Gasteiger partial charge in [-0.3, -0.25) is 19.4 Å². The molecule has 0 saturated carbocycles. The molecule has 0 aliphatic carbocycles. The third-order valence-electron chi connectivity index (χ3n) is 4.80. The topological polar surface area (TPSA) is 255 Å². The number of phenols is 1. The molecule has 1 aromatic carbocycles. The number of guanidine groups is 1. The molecule has 14 nitrogen and oxygen atoms in total. The number of aliphatic hydroxyl groups excluding tert-OH is 1. The zero-order valence-corrected chi connectivity index (χ0v) is 19.3. The number of hydrogen-bond donors (Lipinski definition) is 9. The lowest BCUT2D eigenvalue weighted by atomic mass is 10.0. The molecule has 0 aliphatic heterocycles. The zero-order valence-electron chi connectivity index (χ0n) is 19.3. The summed E-state index contributed by atoms with van der Waals surface area (Å²) in [5.74, 6) is -3.79. The molecular weight excluding hydrogens is 462 g/mol. The Morgan fingerprint density at radius 1 is 0.943 bits per heavy atom. The summed E-state index contributed by atoms with van der Waals surface area (Å²) in [4.78, 5) is 53.0. The second kappa shape index (κ2) is 14.4. The standard InChI is InChI=1S/C21H33N7O7/c1-11(22)17(31)26-14(3-2-8-25-21(23)24)18(32)27-15(9-12-4-6-13(30)7-5-12)19(33)28-16(10-29)20(34)35/h4-7,11,14-16,29-30H,2-3,8-10,22H2,1H3,(H,26,31)(H,27,32)(H,28,33)(H,34,35)(H4,23,24,25). The van der Waals surface area contributed by atoms with Crippen molar-refractivity contribution in [2.75, 3.05) is 13.2 Å². The lowest BCUT2D eigenvalue weighted by Gasteiger charge is -2.24. The van der Waals surface area contributed by atoms with E-state index in [1.807, 2.05) is 0 Å². The van der Waals surface area contributed by atoms with E-state index in [0.29, 0.717) is 12.0 Å². The summed E-state index contributed by atoms with van der Waals surface area (Å²) in [6, 6.07) is 0.957. The van der Waals surface area contributed by atoms with Gasteiger partial charge in [-0.05, 0) is 37.5 Å². The van der Waals surface area contributed by atoms with Gasteiger partial charge in [-0.2, -0.15) is 0 Å². The largest absolute Gasteiger partial charge is 0.508 e. The van der Waals surface area contributed by atoms with Crippen LogP contribution in [-0.2, 0) is 25.6 Å². The fraction of sp³-hybridized carbons (Fsp3) is 0.476. The van der Waals surface area contributed by atoms with Crippen LogP contribution in [-0.4, -0.2) is 82.3 Å². The second-order valence-electron chi connectivity index (χ2n) is 7.81. The highest BCUT2D eigenvalue weighted by Gasteiger charge is 2.29. The fourth-order valence-corrected chi connectivity index (χ4v) is 2.88. The Labute approximate surface area is 201 Å². The number of hydrogen-bond acceptors (Lipinski definition) is 8. The maximum absolute atomic E-state index is 13.0. The molecule has 14 heteroatoms. The predicted molar refractivity (Wildman–Crippen MR) is 126 cm³/mol. The van der Waals surface area contributed by atoms with Crippen molar-refractivity contribution in [3.63, 3.8) is 0 Å². The number of nitrogens with one attached hydrogen (secondary N) is 3. The zero-order chi connectivity index (χ0) is 26.5. The van der Waals surface area contributed by atoms with Gasteiger partial charge in [0.2, 0.25) is 17.7 Å². The van der Waals surface area contributed by atoms with Crippen molar-refractivity contribution < 1.29 is 34.5 Å². The highest BCUT2D eigenvalue weighted by Crippen LogP contribution is 2.12. The molecule has 0 heterocycles. The quantitative estimate of drug-likeness (QED) is 0.0712. The van der Waals surface area contributed by atoms with Crippen molar-refractivity contribution in [2.45, 2.75) is 50.4 Å². The molecule has 3 amide bonds. The second-order valence-corrected chi connectivity index (χ2v) is 7.81. The number of carbonyl (C=O) groups excluding carboxylic acids is 3. The van der Waals surface area contributed by atoms with Gasteiger partial charge in [0.15, 0.2) is 5.96 Å². The minimum atomic E-state index is -1.59. The van der Waals surface area contributed by atoms with Crippen LogP contribution in [0.15, 0.2) is 29.3 Å². The Morgan fingerprint density at radius 3 is 2.00 bits per heavy atom. The smallest absolute Gasteiger partial charge is 0.328 e. The van der Waals surface area contributed by atoms with Gasteiger partial charge in [-0.1, -0.05) is 12.1 Å². The molecule has 0 aliphatic rings. The van der Waals surface area contributed by atoms with Crippen molar-refractivity contribution >= 4 is 29.7 Å². The minimum absolute atomic E-state index is 0.00975. The van der Waals surface area contributed by atoms with E-state index in [9.17, 15) is 29.4 Å². The lowest BCUT2D eigenvalue weighted by Crippen LogP contribution is -2.57. The third-order valence-corrected chi connectivity index (χ3v) is 4.80. The minimum Gasteiger partial charge on any atom is -0.508 e. The highest BCUT2D eigenvalue weighted by molar-refractivity contribution is 5.94. The van der Waals surface area contributed by atoms with Crippen LogP contribution in [0.5, 0.6) is 5.75 Å². The summed E-state index contributed by atoms with van der Waals surface area (Å²) >= 11 is 0. The van der Waals surface area contributed by atoms with Gasteiger partial charge in [0.05, 0.1) is 12.6 Å². The van der Waals surface area contributed by atoms with E-state index >= 15 is 0 Å². The number of aromatic hydroxyl groups is 1. The van der Waals surface area contributed by atoms with E-state index in [2.05, 4.69) is 20.9 Å². The lowest BCUT2D eigenvalue weighted by molar-refractivity contribution is -0.143. The number of nitrogens with two attached hydrogens (primary N) is 3. The maximum Gasteiger partial charge on any atom is 0.328 e. The summed E-state index contributed by atoms with van der Waals surface area (Å²) in [5, 5.41) is 35.0. The fourth-order valence-electron chi connectivity index (χ4n) is 2.88. The molecule has 1 rings (SSSR count). The molecule has 0 saturated heterocycles. The van der Waals surface area contributed by atoms with Crippen molar-refractivity contribution in [1.82, 2.24) is 16.0 Å². The van der Waals surface area contributed by atoms with Gasteiger partial charge in [0.1, 0.15) is 23.9 Å². The van der Waals surface area contributed by atoms with Crippen LogP contribution in [0, 0.1) is 0 Å². The van der Waals surface area contributed by atoms with Crippen LogP contribution in [0.1, 0.15) is 25.3 Å². The molecule has 0 aromatic heterocycles. The molecular formula is C21H33N7O7. The Bertz CT molecular complexity index is 902. The molecule has 194 valence electrons. The van der Waals surface area contributed by atoms with E-state index in [-0.39, 0.29) is 31.1 Å². The normalized spacial score (nSPS) is 14.0. The molecule has 0 fully saturated rings. The van der Waals surface area contributed by atoms with E-state index < -0.39 is 54.5 Å². The third kappa shape index (κ3) is 10.7. The SMILES string of the molecule is CC(N)C(=O)NC(CCCN=C(N)N)C(=O)NC(Cc1ccc(O)cc1)C(=O)NC(CO)C(=O)O. The first-order valence-electron chi connectivity index (χ1n) is 10.8.